The molecular weight excluding hydrogens is 1140 g/mol. The molecule has 0 fully saturated rings. The van der Waals surface area contributed by atoms with Gasteiger partial charge in [0.05, 0.1) is 25.4 Å². The third-order valence-electron chi connectivity index (χ3n) is 19.8. The molecule has 0 aromatic carbocycles. The van der Waals surface area contributed by atoms with E-state index in [1.165, 1.54) is 392 Å². The topological polar surface area (TPSA) is 95.9 Å². The van der Waals surface area contributed by atoms with Crippen molar-refractivity contribution in [2.75, 3.05) is 13.2 Å². The van der Waals surface area contributed by atoms with Gasteiger partial charge in [-0.2, -0.15) is 0 Å². The van der Waals surface area contributed by atoms with Crippen molar-refractivity contribution in [1.82, 2.24) is 5.32 Å². The van der Waals surface area contributed by atoms with Crippen LogP contribution < -0.4 is 5.32 Å². The van der Waals surface area contributed by atoms with E-state index in [1.807, 2.05) is 6.08 Å². The van der Waals surface area contributed by atoms with E-state index in [-0.39, 0.29) is 18.5 Å². The van der Waals surface area contributed by atoms with E-state index in [0.29, 0.717) is 19.4 Å². The maximum Gasteiger partial charge on any atom is 0.305 e. The summed E-state index contributed by atoms with van der Waals surface area (Å²) in [4.78, 5) is 24.6. The molecule has 0 aliphatic carbocycles. The maximum absolute atomic E-state index is 12.6. The van der Waals surface area contributed by atoms with Crippen LogP contribution in [-0.4, -0.2) is 47.4 Å². The zero-order chi connectivity index (χ0) is 67.0. The summed E-state index contributed by atoms with van der Waals surface area (Å²) in [5.41, 5.74) is 0. The average molecular weight is 1310 g/mol. The van der Waals surface area contributed by atoms with Gasteiger partial charge in [-0.1, -0.05) is 422 Å². The van der Waals surface area contributed by atoms with Gasteiger partial charge in [0.1, 0.15) is 0 Å². The zero-order valence-electron chi connectivity index (χ0n) is 63.0. The fraction of sp³-hybridized carbons (Fsp3) is 0.885. The van der Waals surface area contributed by atoms with Gasteiger partial charge in [-0.3, -0.25) is 9.59 Å². The van der Waals surface area contributed by atoms with E-state index < -0.39 is 12.1 Å². The Morgan fingerprint density at radius 1 is 0.301 bits per heavy atom. The van der Waals surface area contributed by atoms with Gasteiger partial charge in [0.2, 0.25) is 5.91 Å². The lowest BCUT2D eigenvalue weighted by Gasteiger charge is -2.20. The third kappa shape index (κ3) is 78.7. The molecule has 2 unspecified atom stereocenters. The molecule has 0 saturated carbocycles. The summed E-state index contributed by atoms with van der Waals surface area (Å²) in [6.45, 7) is 4.91. The first-order chi connectivity index (χ1) is 46.0. The number of carbonyl (C=O) groups excluding carboxylic acids is 2. The van der Waals surface area contributed by atoms with Gasteiger partial charge < -0.3 is 20.3 Å². The van der Waals surface area contributed by atoms with Crippen molar-refractivity contribution in [2.24, 2.45) is 0 Å². The Kier molecular flexibility index (Phi) is 80.3. The molecule has 1 amide bonds. The SMILES string of the molecule is CCCC/C=C\C/C=C\CCCCCCCC(=O)OCCCCCCCCCCCCCCCCCC/C=C\CCCCCCCCCCCCCCCCCCCC(=O)NC(CO)C(O)/C=C/CCCCCCCCCCCCCCCCCCCCCCCCC. The number of allylic oxidation sites excluding steroid dienone is 7. The monoisotopic (exact) mass is 1300 g/mol. The van der Waals surface area contributed by atoms with Crippen LogP contribution >= 0.6 is 0 Å². The van der Waals surface area contributed by atoms with Crippen molar-refractivity contribution in [1.29, 1.82) is 0 Å². The lowest BCUT2D eigenvalue weighted by atomic mass is 10.0. The number of ether oxygens (including phenoxy) is 1. The molecule has 0 heterocycles. The van der Waals surface area contributed by atoms with Crippen LogP contribution in [0.2, 0.25) is 0 Å². The van der Waals surface area contributed by atoms with E-state index in [4.69, 9.17) is 4.74 Å². The highest BCUT2D eigenvalue weighted by molar-refractivity contribution is 5.76. The molecule has 93 heavy (non-hydrogen) atoms. The van der Waals surface area contributed by atoms with Gasteiger partial charge in [0, 0.05) is 12.8 Å². The third-order valence-corrected chi connectivity index (χ3v) is 19.8. The highest BCUT2D eigenvalue weighted by atomic mass is 16.5. The highest BCUT2D eigenvalue weighted by Crippen LogP contribution is 2.20. The largest absolute Gasteiger partial charge is 0.466 e. The number of hydrogen-bond acceptors (Lipinski definition) is 5. The number of aliphatic hydroxyl groups excluding tert-OH is 2. The molecule has 0 rings (SSSR count). The molecule has 0 saturated heterocycles. The van der Waals surface area contributed by atoms with Gasteiger partial charge in [0.25, 0.3) is 0 Å². The van der Waals surface area contributed by atoms with Gasteiger partial charge >= 0.3 is 5.97 Å². The molecule has 0 radical (unpaired) electrons. The van der Waals surface area contributed by atoms with Crippen LogP contribution in [0.3, 0.4) is 0 Å². The summed E-state index contributed by atoms with van der Waals surface area (Å²) in [5, 5.41) is 23.3. The molecule has 0 aromatic heterocycles. The summed E-state index contributed by atoms with van der Waals surface area (Å²) in [7, 11) is 0. The molecule has 3 N–H and O–H groups in total. The summed E-state index contributed by atoms with van der Waals surface area (Å²) in [5.74, 6) is -0.0517. The van der Waals surface area contributed by atoms with E-state index in [0.717, 1.165) is 51.4 Å². The van der Waals surface area contributed by atoms with Crippen molar-refractivity contribution in [3.05, 3.63) is 48.6 Å². The summed E-state index contributed by atoms with van der Waals surface area (Å²) >= 11 is 0. The van der Waals surface area contributed by atoms with Crippen molar-refractivity contribution in [2.45, 2.75) is 482 Å². The highest BCUT2D eigenvalue weighted by Gasteiger charge is 2.18. The summed E-state index contributed by atoms with van der Waals surface area (Å²) < 4.78 is 5.49. The molecule has 6 heteroatoms. The van der Waals surface area contributed by atoms with E-state index in [9.17, 15) is 19.8 Å². The second kappa shape index (κ2) is 82.2. The first-order valence-corrected chi connectivity index (χ1v) is 42.4. The first-order valence-electron chi connectivity index (χ1n) is 42.4. The Labute approximate surface area is 582 Å². The molecule has 0 aliphatic heterocycles. The fourth-order valence-electron chi connectivity index (χ4n) is 13.4. The number of nitrogens with one attached hydrogen (secondary N) is 1. The molecular formula is C87H165NO5. The van der Waals surface area contributed by atoms with Crippen LogP contribution in [0.25, 0.3) is 0 Å². The minimum atomic E-state index is -0.844. The van der Waals surface area contributed by atoms with E-state index in [2.05, 4.69) is 55.6 Å². The number of hydrogen-bond donors (Lipinski definition) is 3. The van der Waals surface area contributed by atoms with E-state index >= 15 is 0 Å². The Morgan fingerprint density at radius 2 is 0.548 bits per heavy atom. The average Bonchev–Trinajstić information content (AvgIpc) is 3.77. The normalized spacial score (nSPS) is 12.7. The van der Waals surface area contributed by atoms with Crippen LogP contribution in [-0.2, 0) is 14.3 Å². The summed E-state index contributed by atoms with van der Waals surface area (Å²) in [6, 6.07) is -0.627. The van der Waals surface area contributed by atoms with Crippen LogP contribution in [0.5, 0.6) is 0 Å². The fourth-order valence-corrected chi connectivity index (χ4v) is 13.4. The number of aliphatic hydroxyl groups is 2. The Morgan fingerprint density at radius 3 is 0.860 bits per heavy atom. The number of carbonyl (C=O) groups is 2. The maximum atomic E-state index is 12.6. The van der Waals surface area contributed by atoms with Gasteiger partial charge in [-0.25, -0.2) is 0 Å². The molecule has 2 atom stereocenters. The van der Waals surface area contributed by atoms with E-state index in [1.54, 1.807) is 6.08 Å². The van der Waals surface area contributed by atoms with Crippen LogP contribution in [0.15, 0.2) is 48.6 Å². The minimum Gasteiger partial charge on any atom is -0.466 e. The minimum absolute atomic E-state index is 0.00707. The Bertz CT molecular complexity index is 1550. The summed E-state index contributed by atoms with van der Waals surface area (Å²) in [6.07, 6.45) is 110. The lowest BCUT2D eigenvalue weighted by molar-refractivity contribution is -0.143. The number of unbranched alkanes of at least 4 members (excludes halogenated alkanes) is 63. The van der Waals surface area contributed by atoms with Crippen molar-refractivity contribution < 1.29 is 24.5 Å². The van der Waals surface area contributed by atoms with Crippen molar-refractivity contribution in [3.63, 3.8) is 0 Å². The predicted octanol–water partition coefficient (Wildman–Crippen LogP) is 28.3. The molecule has 0 aromatic rings. The number of amides is 1. The Hall–Kier alpha value is -2.18. The molecule has 0 aliphatic rings. The van der Waals surface area contributed by atoms with Gasteiger partial charge in [-0.05, 0) is 83.5 Å². The number of rotatable bonds is 80. The molecule has 0 bridgehead atoms. The van der Waals surface area contributed by atoms with Gasteiger partial charge in [0.15, 0.2) is 0 Å². The predicted molar refractivity (Wildman–Crippen MR) is 412 cm³/mol. The zero-order valence-corrected chi connectivity index (χ0v) is 63.0. The molecule has 6 nitrogen and oxygen atoms in total. The smallest absolute Gasteiger partial charge is 0.305 e. The quantitative estimate of drug-likeness (QED) is 0.0320. The molecule has 0 spiro atoms. The van der Waals surface area contributed by atoms with Crippen LogP contribution in [0, 0.1) is 0 Å². The van der Waals surface area contributed by atoms with Crippen molar-refractivity contribution >= 4 is 11.9 Å². The van der Waals surface area contributed by atoms with Crippen LogP contribution in [0.1, 0.15) is 470 Å². The van der Waals surface area contributed by atoms with Gasteiger partial charge in [-0.15, -0.1) is 0 Å². The second-order valence-electron chi connectivity index (χ2n) is 29.2. The van der Waals surface area contributed by atoms with Crippen LogP contribution in [0.4, 0.5) is 0 Å². The van der Waals surface area contributed by atoms with Crippen molar-refractivity contribution in [3.8, 4) is 0 Å². The standard InChI is InChI=1S/C87H165NO5/c1-3-5-7-9-11-13-15-17-19-20-21-22-23-37-40-43-46-49-52-55-59-63-67-71-75-79-85(90)84(83-89)88-86(91)80-76-72-68-64-60-56-53-50-47-44-41-38-35-33-31-29-27-25-24-26-28-30-32-34-36-39-42-45-48-51-54-58-62-66-70-74-78-82-93-87(92)81-77-73-69-65-61-57-18-16-14-12-10-8-6-4-2/h10,12,16,18,24,26,75,79,84-85,89-90H,3-9,11,13-15,17,19-23,25,27-74,76-78,80-83H2,1-2H3,(H,88,91)/b12-10-,18-16-,26-24-,79-75+. The lowest BCUT2D eigenvalue weighted by Crippen LogP contribution is -2.45. The number of esters is 1. The Balaban J connectivity index is 3.36. The molecule has 548 valence electrons. The first kappa shape index (κ1) is 90.8. The second-order valence-corrected chi connectivity index (χ2v) is 29.2.